The number of rotatable bonds is 5. The summed E-state index contributed by atoms with van der Waals surface area (Å²) in [4.78, 5) is 49.9. The van der Waals surface area contributed by atoms with Gasteiger partial charge < -0.3 is 10.1 Å². The van der Waals surface area contributed by atoms with Crippen LogP contribution in [0.25, 0.3) is 0 Å². The van der Waals surface area contributed by atoms with Gasteiger partial charge in [0.1, 0.15) is 5.00 Å². The van der Waals surface area contributed by atoms with E-state index in [0.717, 1.165) is 37.0 Å². The van der Waals surface area contributed by atoms with Crippen molar-refractivity contribution in [2.24, 2.45) is 11.3 Å². The highest BCUT2D eigenvalue weighted by molar-refractivity contribution is 7.16. The Kier molecular flexibility index (Phi) is 7.57. The van der Waals surface area contributed by atoms with Crippen molar-refractivity contribution in [2.45, 2.75) is 66.7 Å². The fourth-order valence-electron chi connectivity index (χ4n) is 3.10. The minimum atomic E-state index is -0.698. The lowest BCUT2D eigenvalue weighted by Crippen LogP contribution is -2.39. The smallest absolute Gasteiger partial charge is 0.341 e. The molecule has 2 N–H and O–H groups in total. The van der Waals surface area contributed by atoms with Crippen molar-refractivity contribution >= 4 is 40.0 Å². The second-order valence-electron chi connectivity index (χ2n) is 8.51. The number of hydrogen-bond acceptors (Lipinski definition) is 6. The maximum Gasteiger partial charge on any atom is 0.341 e. The van der Waals surface area contributed by atoms with E-state index >= 15 is 0 Å². The molecular weight excluding hydrogens is 392 g/mol. The average molecular weight is 423 g/mol. The summed E-state index contributed by atoms with van der Waals surface area (Å²) in [6.07, 6.45) is 4.65. The molecule has 0 atom stereocenters. The Morgan fingerprint density at radius 3 is 2.28 bits per heavy atom. The molecule has 0 unspecified atom stereocenters. The molecular formula is C21H30N2O5S. The first-order valence-corrected chi connectivity index (χ1v) is 10.7. The highest BCUT2D eigenvalue weighted by Gasteiger charge is 2.28. The van der Waals surface area contributed by atoms with Crippen LogP contribution in [0.5, 0.6) is 0 Å². The Morgan fingerprint density at radius 2 is 1.69 bits per heavy atom. The van der Waals surface area contributed by atoms with Crippen molar-refractivity contribution in [1.82, 2.24) is 5.32 Å². The van der Waals surface area contributed by atoms with Crippen molar-refractivity contribution < 1.29 is 23.9 Å². The van der Waals surface area contributed by atoms with Gasteiger partial charge >= 0.3 is 5.97 Å². The number of esters is 1. The van der Waals surface area contributed by atoms with Gasteiger partial charge in [0.05, 0.1) is 5.56 Å². The maximum absolute atomic E-state index is 12.6. The summed E-state index contributed by atoms with van der Waals surface area (Å²) < 4.78 is 5.13. The van der Waals surface area contributed by atoms with Crippen LogP contribution in [0.2, 0.25) is 0 Å². The Hall–Kier alpha value is -2.22. The largest absolute Gasteiger partial charge is 0.452 e. The van der Waals surface area contributed by atoms with Gasteiger partial charge in [-0.2, -0.15) is 0 Å². The highest BCUT2D eigenvalue weighted by Crippen LogP contribution is 2.34. The van der Waals surface area contributed by atoms with Gasteiger partial charge in [-0.1, -0.05) is 40.0 Å². The molecule has 0 bridgehead atoms. The van der Waals surface area contributed by atoms with Gasteiger partial charge in [0.25, 0.3) is 5.91 Å². The van der Waals surface area contributed by atoms with Crippen molar-refractivity contribution in [2.75, 3.05) is 11.9 Å². The van der Waals surface area contributed by atoms with Gasteiger partial charge in [0.2, 0.25) is 11.8 Å². The standard InChI is InChI=1S/C21H30N2O5S/c1-12-13(2)29-18(23-20(27)21(3,4)5)16(12)19(26)28-11-15(24)22-17(25)14-9-7-6-8-10-14/h14H,6-11H2,1-5H3,(H,23,27)(H,22,24,25). The highest BCUT2D eigenvalue weighted by atomic mass is 32.1. The monoisotopic (exact) mass is 422 g/mol. The third-order valence-electron chi connectivity index (χ3n) is 5.07. The van der Waals surface area contributed by atoms with E-state index in [1.165, 1.54) is 11.3 Å². The van der Waals surface area contributed by atoms with Gasteiger partial charge in [-0.3, -0.25) is 19.7 Å². The minimum absolute atomic E-state index is 0.149. The van der Waals surface area contributed by atoms with E-state index in [0.29, 0.717) is 10.6 Å². The molecule has 1 aliphatic rings. The molecule has 1 saturated carbocycles. The molecule has 1 aromatic rings. The average Bonchev–Trinajstić information content (AvgIpc) is 2.93. The molecule has 1 aromatic heterocycles. The minimum Gasteiger partial charge on any atom is -0.452 e. The molecule has 3 amide bonds. The molecule has 8 heteroatoms. The molecule has 0 aromatic carbocycles. The normalized spacial score (nSPS) is 14.9. The lowest BCUT2D eigenvalue weighted by atomic mass is 9.89. The van der Waals surface area contributed by atoms with Crippen LogP contribution < -0.4 is 10.6 Å². The van der Waals surface area contributed by atoms with E-state index < -0.39 is 23.9 Å². The van der Waals surface area contributed by atoms with Gasteiger partial charge in [-0.05, 0) is 32.3 Å². The predicted octanol–water partition coefficient (Wildman–Crippen LogP) is 3.73. The van der Waals surface area contributed by atoms with Crippen LogP contribution in [0.15, 0.2) is 0 Å². The number of hydrogen-bond donors (Lipinski definition) is 2. The number of amides is 3. The maximum atomic E-state index is 12.6. The first-order valence-electron chi connectivity index (χ1n) is 9.93. The molecule has 0 aliphatic heterocycles. The number of anilines is 1. The van der Waals surface area contributed by atoms with E-state index in [1.807, 2.05) is 6.92 Å². The van der Waals surface area contributed by atoms with Gasteiger partial charge in [-0.25, -0.2) is 4.79 Å². The number of ether oxygens (including phenoxy) is 1. The van der Waals surface area contributed by atoms with Crippen molar-refractivity contribution in [1.29, 1.82) is 0 Å². The summed E-state index contributed by atoms with van der Waals surface area (Å²) in [5.74, 6) is -2.01. The molecule has 1 fully saturated rings. The number of imide groups is 1. The van der Waals surface area contributed by atoms with Crippen LogP contribution in [0.3, 0.4) is 0 Å². The van der Waals surface area contributed by atoms with E-state index in [9.17, 15) is 19.2 Å². The Bertz CT molecular complexity index is 801. The topological polar surface area (TPSA) is 102 Å². The van der Waals surface area contributed by atoms with Crippen molar-refractivity contribution in [3.63, 3.8) is 0 Å². The number of aryl methyl sites for hydroxylation is 1. The molecule has 1 heterocycles. The molecule has 0 spiro atoms. The molecule has 0 saturated heterocycles. The fourth-order valence-corrected chi connectivity index (χ4v) is 4.14. The summed E-state index contributed by atoms with van der Waals surface area (Å²) in [6.45, 7) is 8.41. The Morgan fingerprint density at radius 1 is 1.07 bits per heavy atom. The number of thiophene rings is 1. The molecule has 0 radical (unpaired) electrons. The fraction of sp³-hybridized carbons (Fsp3) is 0.619. The van der Waals surface area contributed by atoms with Crippen LogP contribution in [-0.2, 0) is 19.1 Å². The van der Waals surface area contributed by atoms with Gasteiger partial charge in [0, 0.05) is 16.2 Å². The van der Waals surface area contributed by atoms with E-state index in [4.69, 9.17) is 4.74 Å². The zero-order valence-electron chi connectivity index (χ0n) is 17.8. The Labute approximate surface area is 175 Å². The number of carbonyl (C=O) groups excluding carboxylic acids is 4. The first kappa shape index (κ1) is 23.1. The third-order valence-corrected chi connectivity index (χ3v) is 6.19. The predicted molar refractivity (Wildman–Crippen MR) is 112 cm³/mol. The summed E-state index contributed by atoms with van der Waals surface area (Å²) in [6, 6.07) is 0. The van der Waals surface area contributed by atoms with E-state index in [-0.39, 0.29) is 23.3 Å². The van der Waals surface area contributed by atoms with Crippen LogP contribution in [0, 0.1) is 25.2 Å². The second kappa shape index (κ2) is 9.52. The summed E-state index contributed by atoms with van der Waals surface area (Å²) >= 11 is 1.29. The first-order chi connectivity index (χ1) is 13.5. The molecule has 7 nitrogen and oxygen atoms in total. The number of carbonyl (C=O) groups is 4. The van der Waals surface area contributed by atoms with Crippen molar-refractivity contribution in [3.8, 4) is 0 Å². The third kappa shape index (κ3) is 6.13. The molecule has 2 rings (SSSR count). The lowest BCUT2D eigenvalue weighted by molar-refractivity contribution is -0.135. The van der Waals surface area contributed by atoms with E-state index in [1.54, 1.807) is 27.7 Å². The van der Waals surface area contributed by atoms with Crippen LogP contribution in [-0.4, -0.2) is 30.3 Å². The molecule has 29 heavy (non-hydrogen) atoms. The van der Waals surface area contributed by atoms with E-state index in [2.05, 4.69) is 10.6 Å². The van der Waals surface area contributed by atoms with Gasteiger partial charge in [0.15, 0.2) is 6.61 Å². The van der Waals surface area contributed by atoms with Gasteiger partial charge in [-0.15, -0.1) is 11.3 Å². The number of nitrogens with one attached hydrogen (secondary N) is 2. The van der Waals surface area contributed by atoms with Crippen molar-refractivity contribution in [3.05, 3.63) is 16.0 Å². The second-order valence-corrected chi connectivity index (χ2v) is 9.74. The Balaban J connectivity index is 1.98. The quantitative estimate of drug-likeness (QED) is 0.704. The molecule has 1 aliphatic carbocycles. The zero-order chi connectivity index (χ0) is 21.8. The SMILES string of the molecule is Cc1sc(NC(=O)C(C)(C)C)c(C(=O)OCC(=O)NC(=O)C2CCCCC2)c1C. The van der Waals surface area contributed by atoms with Crippen LogP contribution >= 0.6 is 11.3 Å². The summed E-state index contributed by atoms with van der Waals surface area (Å²) in [5, 5.41) is 5.51. The molecule has 160 valence electrons. The summed E-state index contributed by atoms with van der Waals surface area (Å²) in [5.41, 5.74) is 0.325. The van der Waals surface area contributed by atoms with Crippen LogP contribution in [0.1, 0.15) is 73.7 Å². The zero-order valence-corrected chi connectivity index (χ0v) is 18.6. The summed E-state index contributed by atoms with van der Waals surface area (Å²) in [7, 11) is 0. The van der Waals surface area contributed by atoms with Crippen LogP contribution in [0.4, 0.5) is 5.00 Å². The lowest BCUT2D eigenvalue weighted by Gasteiger charge is -2.20.